The third-order valence-corrected chi connectivity index (χ3v) is 4.03. The molecule has 0 saturated carbocycles. The number of carbonyl (C=O) groups excluding carboxylic acids is 1. The summed E-state index contributed by atoms with van der Waals surface area (Å²) in [4.78, 5) is 16.3. The SMILES string of the molecule is CC(O)(CNC(=O)c1ccc2ncsc2c1)c1ccco1. The van der Waals surface area contributed by atoms with Crippen LogP contribution in [0.3, 0.4) is 0 Å². The maximum absolute atomic E-state index is 12.2. The molecular formula is C15H14N2O3S. The molecule has 3 rings (SSSR count). The van der Waals surface area contributed by atoms with Gasteiger partial charge < -0.3 is 14.8 Å². The van der Waals surface area contributed by atoms with Crippen LogP contribution in [-0.4, -0.2) is 22.5 Å². The van der Waals surface area contributed by atoms with Crippen molar-refractivity contribution in [2.24, 2.45) is 0 Å². The molecule has 0 fully saturated rings. The minimum Gasteiger partial charge on any atom is -0.466 e. The van der Waals surface area contributed by atoms with E-state index < -0.39 is 5.60 Å². The molecule has 1 amide bonds. The fourth-order valence-electron chi connectivity index (χ4n) is 2.02. The first-order valence-corrected chi connectivity index (χ1v) is 7.32. The number of furan rings is 1. The van der Waals surface area contributed by atoms with Crippen LogP contribution in [0, 0.1) is 0 Å². The average molecular weight is 302 g/mol. The summed E-state index contributed by atoms with van der Waals surface area (Å²) < 4.78 is 6.13. The van der Waals surface area contributed by atoms with Gasteiger partial charge in [-0.25, -0.2) is 4.98 Å². The zero-order valence-corrected chi connectivity index (χ0v) is 12.2. The van der Waals surface area contributed by atoms with Crippen LogP contribution in [-0.2, 0) is 5.60 Å². The van der Waals surface area contributed by atoms with Gasteiger partial charge in [0.2, 0.25) is 0 Å². The van der Waals surface area contributed by atoms with Gasteiger partial charge in [0.15, 0.2) is 0 Å². The summed E-state index contributed by atoms with van der Waals surface area (Å²) in [6, 6.07) is 8.70. The minimum atomic E-state index is -1.24. The average Bonchev–Trinajstić information content (AvgIpc) is 3.14. The number of amides is 1. The van der Waals surface area contributed by atoms with Crippen LogP contribution in [0.2, 0.25) is 0 Å². The van der Waals surface area contributed by atoms with Crippen LogP contribution in [0.4, 0.5) is 0 Å². The number of thiazole rings is 1. The Balaban J connectivity index is 1.71. The quantitative estimate of drug-likeness (QED) is 0.776. The van der Waals surface area contributed by atoms with Gasteiger partial charge in [-0.2, -0.15) is 0 Å². The molecule has 108 valence electrons. The number of aromatic nitrogens is 1. The molecule has 0 aliphatic heterocycles. The van der Waals surface area contributed by atoms with Gasteiger partial charge in [0.1, 0.15) is 11.4 Å². The summed E-state index contributed by atoms with van der Waals surface area (Å²) in [5.41, 5.74) is 1.92. The Morgan fingerprint density at radius 3 is 3.10 bits per heavy atom. The molecule has 2 heterocycles. The van der Waals surface area contributed by atoms with E-state index in [9.17, 15) is 9.90 Å². The monoisotopic (exact) mass is 302 g/mol. The smallest absolute Gasteiger partial charge is 0.251 e. The fraction of sp³-hybridized carbons (Fsp3) is 0.200. The first kappa shape index (κ1) is 13.8. The van der Waals surface area contributed by atoms with Crippen molar-refractivity contribution in [1.82, 2.24) is 10.3 Å². The molecule has 0 spiro atoms. The topological polar surface area (TPSA) is 75.4 Å². The number of nitrogens with zero attached hydrogens (tertiary/aromatic N) is 1. The zero-order chi connectivity index (χ0) is 14.9. The second kappa shape index (κ2) is 5.31. The molecule has 2 aromatic heterocycles. The van der Waals surface area contributed by atoms with E-state index in [0.717, 1.165) is 10.2 Å². The van der Waals surface area contributed by atoms with Crippen molar-refractivity contribution in [3.8, 4) is 0 Å². The molecule has 2 N–H and O–H groups in total. The van der Waals surface area contributed by atoms with Crippen LogP contribution in [0.25, 0.3) is 10.2 Å². The molecule has 21 heavy (non-hydrogen) atoms. The Morgan fingerprint density at radius 2 is 2.33 bits per heavy atom. The Kier molecular flexibility index (Phi) is 3.48. The van der Waals surface area contributed by atoms with Crippen LogP contribution >= 0.6 is 11.3 Å². The lowest BCUT2D eigenvalue weighted by Crippen LogP contribution is -2.38. The molecule has 0 saturated heterocycles. The highest BCUT2D eigenvalue weighted by molar-refractivity contribution is 7.16. The molecular weight excluding hydrogens is 288 g/mol. The predicted octanol–water partition coefficient (Wildman–Crippen LogP) is 2.53. The number of rotatable bonds is 4. The number of carbonyl (C=O) groups is 1. The third kappa shape index (κ3) is 2.81. The van der Waals surface area contributed by atoms with E-state index in [0.29, 0.717) is 11.3 Å². The molecule has 3 aromatic rings. The Bertz CT molecular complexity index is 762. The van der Waals surface area contributed by atoms with Crippen molar-refractivity contribution in [2.75, 3.05) is 6.54 Å². The third-order valence-electron chi connectivity index (χ3n) is 3.24. The van der Waals surface area contributed by atoms with Crippen LogP contribution in [0.15, 0.2) is 46.5 Å². The summed E-state index contributed by atoms with van der Waals surface area (Å²) in [6.07, 6.45) is 1.49. The van der Waals surface area contributed by atoms with Crippen molar-refractivity contribution in [1.29, 1.82) is 0 Å². The van der Waals surface area contributed by atoms with Gasteiger partial charge in [-0.3, -0.25) is 4.79 Å². The van der Waals surface area contributed by atoms with E-state index in [-0.39, 0.29) is 12.5 Å². The summed E-state index contributed by atoms with van der Waals surface area (Å²) in [7, 11) is 0. The lowest BCUT2D eigenvalue weighted by molar-refractivity contribution is 0.0330. The lowest BCUT2D eigenvalue weighted by Gasteiger charge is -2.21. The fourth-order valence-corrected chi connectivity index (χ4v) is 2.74. The Hall–Kier alpha value is -2.18. The first-order chi connectivity index (χ1) is 10.1. The lowest BCUT2D eigenvalue weighted by atomic mass is 10.0. The molecule has 1 atom stereocenters. The van der Waals surface area contributed by atoms with Crippen molar-refractivity contribution < 1.29 is 14.3 Å². The Labute approximate surface area is 125 Å². The number of hydrogen-bond acceptors (Lipinski definition) is 5. The van der Waals surface area contributed by atoms with Crippen LogP contribution < -0.4 is 5.32 Å². The number of nitrogens with one attached hydrogen (secondary N) is 1. The molecule has 1 unspecified atom stereocenters. The molecule has 0 aliphatic rings. The maximum atomic E-state index is 12.2. The Morgan fingerprint density at radius 1 is 1.48 bits per heavy atom. The molecule has 0 bridgehead atoms. The molecule has 1 aromatic carbocycles. The van der Waals surface area contributed by atoms with E-state index in [4.69, 9.17) is 4.42 Å². The van der Waals surface area contributed by atoms with Crippen molar-refractivity contribution >= 4 is 27.5 Å². The molecule has 0 aliphatic carbocycles. The predicted molar refractivity (Wildman–Crippen MR) is 80.2 cm³/mol. The second-order valence-electron chi connectivity index (χ2n) is 4.97. The van der Waals surface area contributed by atoms with E-state index in [1.165, 1.54) is 17.6 Å². The van der Waals surface area contributed by atoms with Crippen molar-refractivity contribution in [3.63, 3.8) is 0 Å². The molecule has 6 heteroatoms. The van der Waals surface area contributed by atoms with Gasteiger partial charge in [0.05, 0.1) is 28.5 Å². The van der Waals surface area contributed by atoms with Crippen LogP contribution in [0.1, 0.15) is 23.0 Å². The number of aliphatic hydroxyl groups is 1. The maximum Gasteiger partial charge on any atom is 0.251 e. The highest BCUT2D eigenvalue weighted by Crippen LogP contribution is 2.21. The van der Waals surface area contributed by atoms with Gasteiger partial charge in [-0.05, 0) is 37.3 Å². The first-order valence-electron chi connectivity index (χ1n) is 6.44. The summed E-state index contributed by atoms with van der Waals surface area (Å²) >= 11 is 1.49. The van der Waals surface area contributed by atoms with E-state index in [1.807, 2.05) is 6.07 Å². The van der Waals surface area contributed by atoms with E-state index in [1.54, 1.807) is 36.7 Å². The molecule has 0 radical (unpaired) electrons. The van der Waals surface area contributed by atoms with E-state index in [2.05, 4.69) is 10.3 Å². The number of fused-ring (bicyclic) bond motifs is 1. The highest BCUT2D eigenvalue weighted by Gasteiger charge is 2.27. The van der Waals surface area contributed by atoms with Crippen molar-refractivity contribution in [3.05, 3.63) is 53.4 Å². The van der Waals surface area contributed by atoms with Crippen molar-refractivity contribution in [2.45, 2.75) is 12.5 Å². The normalized spacial score (nSPS) is 14.0. The van der Waals surface area contributed by atoms with Gasteiger partial charge >= 0.3 is 0 Å². The second-order valence-corrected chi connectivity index (χ2v) is 5.86. The van der Waals surface area contributed by atoms with Gasteiger partial charge in [0.25, 0.3) is 5.91 Å². The standard InChI is InChI=1S/C15H14N2O3S/c1-15(19,13-3-2-6-20-13)8-16-14(18)10-4-5-11-12(7-10)21-9-17-11/h2-7,9,19H,8H2,1H3,(H,16,18). The van der Waals surface area contributed by atoms with Gasteiger partial charge in [-0.15, -0.1) is 11.3 Å². The highest BCUT2D eigenvalue weighted by atomic mass is 32.1. The minimum absolute atomic E-state index is 0.0695. The van der Waals surface area contributed by atoms with Gasteiger partial charge in [0, 0.05) is 5.56 Å². The number of hydrogen-bond donors (Lipinski definition) is 2. The molecule has 5 nitrogen and oxygen atoms in total. The number of benzene rings is 1. The zero-order valence-electron chi connectivity index (χ0n) is 11.4. The van der Waals surface area contributed by atoms with Crippen LogP contribution in [0.5, 0.6) is 0 Å². The summed E-state index contributed by atoms with van der Waals surface area (Å²) in [5.74, 6) is 0.179. The largest absolute Gasteiger partial charge is 0.466 e. The van der Waals surface area contributed by atoms with E-state index >= 15 is 0 Å². The van der Waals surface area contributed by atoms with Gasteiger partial charge in [-0.1, -0.05) is 0 Å². The summed E-state index contributed by atoms with van der Waals surface area (Å²) in [5, 5.41) is 13.0. The summed E-state index contributed by atoms with van der Waals surface area (Å²) in [6.45, 7) is 1.67.